The van der Waals surface area contributed by atoms with Gasteiger partial charge in [-0.05, 0) is 31.2 Å². The summed E-state index contributed by atoms with van der Waals surface area (Å²) in [6, 6.07) is 14.4. The highest BCUT2D eigenvalue weighted by atomic mass is 19.1. The zero-order valence-electron chi connectivity index (χ0n) is 13.0. The van der Waals surface area contributed by atoms with Crippen molar-refractivity contribution in [2.45, 2.75) is 20.4 Å². The number of amides is 1. The molecule has 0 fully saturated rings. The van der Waals surface area contributed by atoms with Crippen molar-refractivity contribution in [2.24, 2.45) is 0 Å². The Labute approximate surface area is 130 Å². The molecule has 4 heteroatoms. The number of hydrogen-bond donors (Lipinski definition) is 1. The summed E-state index contributed by atoms with van der Waals surface area (Å²) in [5, 5.41) is 2.62. The number of hydrogen-bond acceptors (Lipinski definition) is 2. The van der Waals surface area contributed by atoms with Crippen molar-refractivity contribution in [1.29, 1.82) is 0 Å². The van der Waals surface area contributed by atoms with Gasteiger partial charge in [0.1, 0.15) is 5.82 Å². The second-order valence-corrected chi connectivity index (χ2v) is 5.32. The fourth-order valence-corrected chi connectivity index (χ4v) is 2.30. The van der Waals surface area contributed by atoms with E-state index < -0.39 is 5.82 Å². The molecule has 0 heterocycles. The average molecular weight is 300 g/mol. The second kappa shape index (κ2) is 7.71. The molecule has 0 unspecified atom stereocenters. The van der Waals surface area contributed by atoms with E-state index in [1.54, 1.807) is 18.2 Å². The van der Waals surface area contributed by atoms with Crippen LogP contribution in [0.3, 0.4) is 0 Å². The molecule has 1 N–H and O–H groups in total. The minimum Gasteiger partial charge on any atom is -0.322 e. The first kappa shape index (κ1) is 16.2. The summed E-state index contributed by atoms with van der Waals surface area (Å²) in [6.45, 7) is 5.73. The van der Waals surface area contributed by atoms with Gasteiger partial charge in [-0.25, -0.2) is 4.39 Å². The van der Waals surface area contributed by atoms with Crippen LogP contribution in [0.4, 0.5) is 10.1 Å². The quantitative estimate of drug-likeness (QED) is 0.884. The van der Waals surface area contributed by atoms with Crippen molar-refractivity contribution in [1.82, 2.24) is 4.90 Å². The van der Waals surface area contributed by atoms with Crippen molar-refractivity contribution in [3.05, 3.63) is 65.5 Å². The van der Waals surface area contributed by atoms with Crippen LogP contribution in [0.5, 0.6) is 0 Å². The molecule has 0 saturated carbocycles. The van der Waals surface area contributed by atoms with Crippen LogP contribution in [0.1, 0.15) is 18.1 Å². The molecule has 2 aromatic carbocycles. The molecule has 3 nitrogen and oxygen atoms in total. The standard InChI is InChI=1S/C18H21FN2O/c1-3-21(12-15-8-6-7-14(2)11-15)13-18(22)20-17-10-5-4-9-16(17)19/h4-11H,3,12-13H2,1-2H3,(H,20,22). The maximum Gasteiger partial charge on any atom is 0.238 e. The largest absolute Gasteiger partial charge is 0.322 e. The van der Waals surface area contributed by atoms with Gasteiger partial charge in [0.15, 0.2) is 0 Å². The fraction of sp³-hybridized carbons (Fsp3) is 0.278. The van der Waals surface area contributed by atoms with Gasteiger partial charge in [0, 0.05) is 6.54 Å². The normalized spacial score (nSPS) is 10.7. The number of benzene rings is 2. The summed E-state index contributed by atoms with van der Waals surface area (Å²) in [7, 11) is 0. The number of likely N-dealkylation sites (N-methyl/N-ethyl adjacent to an activating group) is 1. The summed E-state index contributed by atoms with van der Waals surface area (Å²) in [6.07, 6.45) is 0. The third-order valence-corrected chi connectivity index (χ3v) is 3.45. The van der Waals surface area contributed by atoms with E-state index in [1.807, 2.05) is 36.9 Å². The zero-order valence-corrected chi connectivity index (χ0v) is 13.0. The lowest BCUT2D eigenvalue weighted by atomic mass is 10.1. The molecule has 0 saturated heterocycles. The Morgan fingerprint density at radius 2 is 1.95 bits per heavy atom. The van der Waals surface area contributed by atoms with E-state index in [1.165, 1.54) is 17.2 Å². The Morgan fingerprint density at radius 1 is 1.18 bits per heavy atom. The number of rotatable bonds is 6. The van der Waals surface area contributed by atoms with Crippen molar-refractivity contribution >= 4 is 11.6 Å². The van der Waals surface area contributed by atoms with Crippen molar-refractivity contribution < 1.29 is 9.18 Å². The van der Waals surface area contributed by atoms with Gasteiger partial charge >= 0.3 is 0 Å². The lowest BCUT2D eigenvalue weighted by molar-refractivity contribution is -0.117. The fourth-order valence-electron chi connectivity index (χ4n) is 2.30. The number of halogens is 1. The minimum absolute atomic E-state index is 0.209. The lowest BCUT2D eigenvalue weighted by Crippen LogP contribution is -2.33. The van der Waals surface area contributed by atoms with Crippen LogP contribution in [0.2, 0.25) is 0 Å². The van der Waals surface area contributed by atoms with Crippen LogP contribution in [-0.2, 0) is 11.3 Å². The minimum atomic E-state index is -0.419. The molecule has 0 aliphatic carbocycles. The molecule has 0 aliphatic heterocycles. The van der Waals surface area contributed by atoms with E-state index in [-0.39, 0.29) is 18.1 Å². The molecule has 0 spiro atoms. The number of aryl methyl sites for hydroxylation is 1. The van der Waals surface area contributed by atoms with Crippen molar-refractivity contribution in [2.75, 3.05) is 18.4 Å². The van der Waals surface area contributed by atoms with Gasteiger partial charge in [0.25, 0.3) is 0 Å². The summed E-state index contributed by atoms with van der Waals surface area (Å²) >= 11 is 0. The smallest absolute Gasteiger partial charge is 0.238 e. The SMILES string of the molecule is CCN(CC(=O)Nc1ccccc1F)Cc1cccc(C)c1. The first-order valence-corrected chi connectivity index (χ1v) is 7.40. The van der Waals surface area contributed by atoms with Crippen LogP contribution in [0.15, 0.2) is 48.5 Å². The van der Waals surface area contributed by atoms with Crippen molar-refractivity contribution in [3.8, 4) is 0 Å². The number of carbonyl (C=O) groups excluding carboxylic acids is 1. The molecule has 2 aromatic rings. The summed E-state index contributed by atoms with van der Waals surface area (Å²) in [4.78, 5) is 14.1. The maximum atomic E-state index is 13.5. The van der Waals surface area contributed by atoms with Crippen LogP contribution in [0.25, 0.3) is 0 Å². The maximum absolute atomic E-state index is 13.5. The van der Waals surface area contributed by atoms with E-state index >= 15 is 0 Å². The second-order valence-electron chi connectivity index (χ2n) is 5.32. The Kier molecular flexibility index (Phi) is 5.67. The Morgan fingerprint density at radius 3 is 2.64 bits per heavy atom. The van der Waals surface area contributed by atoms with Gasteiger partial charge in [-0.1, -0.05) is 48.9 Å². The molecular weight excluding hydrogens is 279 g/mol. The van der Waals surface area contributed by atoms with Crippen LogP contribution in [0, 0.1) is 12.7 Å². The highest BCUT2D eigenvalue weighted by Crippen LogP contribution is 2.13. The predicted octanol–water partition coefficient (Wildman–Crippen LogP) is 3.59. The Bertz CT molecular complexity index is 642. The lowest BCUT2D eigenvalue weighted by Gasteiger charge is -2.20. The van der Waals surface area contributed by atoms with Gasteiger partial charge in [-0.2, -0.15) is 0 Å². The van der Waals surface area contributed by atoms with Gasteiger partial charge in [0.2, 0.25) is 5.91 Å². The summed E-state index contributed by atoms with van der Waals surface area (Å²) in [5.74, 6) is -0.628. The van der Waals surface area contributed by atoms with Crippen LogP contribution < -0.4 is 5.32 Å². The van der Waals surface area contributed by atoms with Gasteiger partial charge in [-0.3, -0.25) is 9.69 Å². The molecule has 0 radical (unpaired) electrons. The van der Waals surface area contributed by atoms with E-state index in [0.29, 0.717) is 6.54 Å². The third kappa shape index (κ3) is 4.67. The molecular formula is C18H21FN2O. The monoisotopic (exact) mass is 300 g/mol. The molecule has 0 aromatic heterocycles. The summed E-state index contributed by atoms with van der Waals surface area (Å²) in [5.41, 5.74) is 2.59. The number of nitrogens with zero attached hydrogens (tertiary/aromatic N) is 1. The predicted molar refractivity (Wildman–Crippen MR) is 87.2 cm³/mol. The molecule has 0 atom stereocenters. The molecule has 116 valence electrons. The number of anilines is 1. The number of nitrogens with one attached hydrogen (secondary N) is 1. The average Bonchev–Trinajstić information content (AvgIpc) is 2.49. The molecule has 0 bridgehead atoms. The number of carbonyl (C=O) groups is 1. The van der Waals surface area contributed by atoms with Crippen LogP contribution in [-0.4, -0.2) is 23.9 Å². The van der Waals surface area contributed by atoms with E-state index in [4.69, 9.17) is 0 Å². The highest BCUT2D eigenvalue weighted by Gasteiger charge is 2.11. The highest BCUT2D eigenvalue weighted by molar-refractivity contribution is 5.92. The molecule has 22 heavy (non-hydrogen) atoms. The van der Waals surface area contributed by atoms with Gasteiger partial charge in [0.05, 0.1) is 12.2 Å². The molecule has 1 amide bonds. The first-order chi connectivity index (χ1) is 10.6. The van der Waals surface area contributed by atoms with Gasteiger partial charge in [-0.15, -0.1) is 0 Å². The number of para-hydroxylation sites is 1. The van der Waals surface area contributed by atoms with E-state index in [2.05, 4.69) is 11.4 Å². The van der Waals surface area contributed by atoms with Crippen molar-refractivity contribution in [3.63, 3.8) is 0 Å². The Balaban J connectivity index is 1.95. The van der Waals surface area contributed by atoms with E-state index in [9.17, 15) is 9.18 Å². The Hall–Kier alpha value is -2.20. The molecule has 0 aliphatic rings. The van der Waals surface area contributed by atoms with Gasteiger partial charge < -0.3 is 5.32 Å². The third-order valence-electron chi connectivity index (χ3n) is 3.45. The molecule has 2 rings (SSSR count). The summed E-state index contributed by atoms with van der Waals surface area (Å²) < 4.78 is 13.5. The topological polar surface area (TPSA) is 32.3 Å². The first-order valence-electron chi connectivity index (χ1n) is 7.40. The zero-order chi connectivity index (χ0) is 15.9. The van der Waals surface area contributed by atoms with Crippen LogP contribution >= 0.6 is 0 Å². The van der Waals surface area contributed by atoms with E-state index in [0.717, 1.165) is 6.54 Å².